The molecule has 1 saturated carbocycles. The lowest BCUT2D eigenvalue weighted by atomic mass is 9.87. The Kier molecular flexibility index (Phi) is 6.89. The molecular weight excluding hydrogens is 242 g/mol. The number of rotatable bonds is 6. The van der Waals surface area contributed by atoms with Crippen molar-refractivity contribution in [1.82, 2.24) is 5.32 Å². The van der Waals surface area contributed by atoms with Crippen LogP contribution >= 0.6 is 0 Å². The largest absolute Gasteiger partial charge is 0.464 e. The molecule has 1 rings (SSSR count). The van der Waals surface area contributed by atoms with Gasteiger partial charge in [-0.3, -0.25) is 4.79 Å². The summed E-state index contributed by atoms with van der Waals surface area (Å²) in [7, 11) is 0. The molecule has 0 radical (unpaired) electrons. The minimum Gasteiger partial charge on any atom is -0.464 e. The zero-order valence-corrected chi connectivity index (χ0v) is 12.4. The van der Waals surface area contributed by atoms with Crippen molar-refractivity contribution in [3.63, 3.8) is 0 Å². The molecule has 0 aromatic rings. The Balaban J connectivity index is 2.24. The summed E-state index contributed by atoms with van der Waals surface area (Å²) >= 11 is 0. The van der Waals surface area contributed by atoms with Gasteiger partial charge < -0.3 is 10.1 Å². The Morgan fingerprint density at radius 3 is 2.37 bits per heavy atom. The maximum Gasteiger partial charge on any atom is 0.328 e. The van der Waals surface area contributed by atoms with Crippen LogP contribution in [-0.4, -0.2) is 24.5 Å². The molecule has 1 amide bonds. The molecule has 1 N–H and O–H groups in total. The van der Waals surface area contributed by atoms with Gasteiger partial charge in [-0.05, 0) is 31.6 Å². The van der Waals surface area contributed by atoms with Crippen LogP contribution in [0.4, 0.5) is 0 Å². The van der Waals surface area contributed by atoms with Crippen molar-refractivity contribution in [3.05, 3.63) is 0 Å². The van der Waals surface area contributed by atoms with Crippen molar-refractivity contribution >= 4 is 11.9 Å². The molecule has 1 aliphatic rings. The first kappa shape index (κ1) is 16.0. The zero-order valence-electron chi connectivity index (χ0n) is 12.4. The van der Waals surface area contributed by atoms with Gasteiger partial charge in [-0.1, -0.05) is 33.1 Å². The summed E-state index contributed by atoms with van der Waals surface area (Å²) in [6.07, 6.45) is 6.56. The average Bonchev–Trinajstić information content (AvgIpc) is 2.36. The Labute approximate surface area is 116 Å². The predicted molar refractivity (Wildman–Crippen MR) is 74.6 cm³/mol. The highest BCUT2D eigenvalue weighted by atomic mass is 16.5. The Morgan fingerprint density at radius 2 is 1.79 bits per heavy atom. The van der Waals surface area contributed by atoms with E-state index in [1.807, 2.05) is 13.8 Å². The average molecular weight is 269 g/mol. The number of esters is 1. The standard InChI is InChI=1S/C15H27NO3/c1-11(2)10-19-15(18)12(3)16-14(17)9-13-7-5-4-6-8-13/h11-13H,4-10H2,1-3H3,(H,16,17). The molecule has 0 saturated heterocycles. The van der Waals surface area contributed by atoms with E-state index in [9.17, 15) is 9.59 Å². The quantitative estimate of drug-likeness (QED) is 0.754. The van der Waals surface area contributed by atoms with Gasteiger partial charge in [0.25, 0.3) is 0 Å². The SMILES string of the molecule is CC(C)COC(=O)C(C)NC(=O)CC1CCCCC1. The summed E-state index contributed by atoms with van der Waals surface area (Å²) in [4.78, 5) is 23.5. The van der Waals surface area contributed by atoms with Gasteiger partial charge in [-0.25, -0.2) is 4.79 Å². The lowest BCUT2D eigenvalue weighted by Crippen LogP contribution is -2.40. The third kappa shape index (κ3) is 6.60. The van der Waals surface area contributed by atoms with E-state index in [0.717, 1.165) is 12.8 Å². The number of carbonyl (C=O) groups is 2. The van der Waals surface area contributed by atoms with Crippen molar-refractivity contribution in [2.75, 3.05) is 6.61 Å². The predicted octanol–water partition coefficient (Wildman–Crippen LogP) is 2.66. The molecule has 0 aliphatic heterocycles. The lowest BCUT2D eigenvalue weighted by molar-refractivity contribution is -0.148. The fourth-order valence-electron chi connectivity index (χ4n) is 2.39. The molecule has 4 nitrogen and oxygen atoms in total. The van der Waals surface area contributed by atoms with Gasteiger partial charge in [0.15, 0.2) is 0 Å². The van der Waals surface area contributed by atoms with E-state index in [4.69, 9.17) is 4.74 Å². The maximum absolute atomic E-state index is 11.8. The number of hydrogen-bond acceptors (Lipinski definition) is 3. The molecule has 0 bridgehead atoms. The molecule has 1 atom stereocenters. The summed E-state index contributed by atoms with van der Waals surface area (Å²) in [6, 6.07) is -0.546. The highest BCUT2D eigenvalue weighted by Crippen LogP contribution is 2.26. The van der Waals surface area contributed by atoms with E-state index in [1.165, 1.54) is 19.3 Å². The molecule has 19 heavy (non-hydrogen) atoms. The van der Waals surface area contributed by atoms with E-state index in [0.29, 0.717) is 24.9 Å². The van der Waals surface area contributed by atoms with Gasteiger partial charge in [0, 0.05) is 6.42 Å². The third-order valence-corrected chi connectivity index (χ3v) is 3.49. The summed E-state index contributed by atoms with van der Waals surface area (Å²) in [5.41, 5.74) is 0. The minimum absolute atomic E-state index is 0.0269. The van der Waals surface area contributed by atoms with Crippen LogP contribution in [0, 0.1) is 11.8 Å². The van der Waals surface area contributed by atoms with Crippen LogP contribution in [0.5, 0.6) is 0 Å². The molecule has 110 valence electrons. The van der Waals surface area contributed by atoms with Gasteiger partial charge in [0.2, 0.25) is 5.91 Å². The first-order valence-electron chi connectivity index (χ1n) is 7.45. The maximum atomic E-state index is 11.8. The molecule has 0 aromatic carbocycles. The van der Waals surface area contributed by atoms with Crippen molar-refractivity contribution in [3.8, 4) is 0 Å². The monoisotopic (exact) mass is 269 g/mol. The van der Waals surface area contributed by atoms with E-state index < -0.39 is 6.04 Å². The highest BCUT2D eigenvalue weighted by Gasteiger charge is 2.21. The van der Waals surface area contributed by atoms with Crippen LogP contribution in [0.1, 0.15) is 59.3 Å². The van der Waals surface area contributed by atoms with Crippen LogP contribution in [-0.2, 0) is 14.3 Å². The second-order valence-corrected chi connectivity index (χ2v) is 6.02. The number of ether oxygens (including phenoxy) is 1. The number of amides is 1. The molecule has 1 aliphatic carbocycles. The van der Waals surface area contributed by atoms with Gasteiger partial charge in [0.1, 0.15) is 6.04 Å². The van der Waals surface area contributed by atoms with Crippen molar-refractivity contribution in [2.24, 2.45) is 11.8 Å². The topological polar surface area (TPSA) is 55.4 Å². The summed E-state index contributed by atoms with van der Waals surface area (Å²) < 4.78 is 5.10. The first-order valence-corrected chi connectivity index (χ1v) is 7.45. The van der Waals surface area contributed by atoms with Gasteiger partial charge in [-0.2, -0.15) is 0 Å². The fourth-order valence-corrected chi connectivity index (χ4v) is 2.39. The third-order valence-electron chi connectivity index (χ3n) is 3.49. The van der Waals surface area contributed by atoms with Gasteiger partial charge in [-0.15, -0.1) is 0 Å². The smallest absolute Gasteiger partial charge is 0.328 e. The zero-order chi connectivity index (χ0) is 14.3. The Morgan fingerprint density at radius 1 is 1.16 bits per heavy atom. The first-order chi connectivity index (χ1) is 8.99. The number of nitrogens with one attached hydrogen (secondary N) is 1. The van der Waals surface area contributed by atoms with Gasteiger partial charge in [0.05, 0.1) is 6.61 Å². The fraction of sp³-hybridized carbons (Fsp3) is 0.867. The molecule has 1 fully saturated rings. The molecule has 0 heterocycles. The molecule has 0 aromatic heterocycles. The normalized spacial score (nSPS) is 18.1. The summed E-state index contributed by atoms with van der Waals surface area (Å²) in [5.74, 6) is 0.438. The molecule has 4 heteroatoms. The molecular formula is C15H27NO3. The molecule has 0 spiro atoms. The van der Waals surface area contributed by atoms with Crippen LogP contribution in [0.2, 0.25) is 0 Å². The van der Waals surface area contributed by atoms with E-state index in [-0.39, 0.29) is 11.9 Å². The summed E-state index contributed by atoms with van der Waals surface area (Å²) in [6.45, 7) is 6.06. The van der Waals surface area contributed by atoms with Crippen LogP contribution < -0.4 is 5.32 Å². The van der Waals surface area contributed by atoms with Crippen molar-refractivity contribution in [1.29, 1.82) is 0 Å². The van der Waals surface area contributed by atoms with Crippen molar-refractivity contribution < 1.29 is 14.3 Å². The van der Waals surface area contributed by atoms with E-state index in [1.54, 1.807) is 6.92 Å². The Hall–Kier alpha value is -1.06. The van der Waals surface area contributed by atoms with E-state index >= 15 is 0 Å². The minimum atomic E-state index is -0.546. The van der Waals surface area contributed by atoms with Crippen molar-refractivity contribution in [2.45, 2.75) is 65.3 Å². The Bertz CT molecular complexity index is 296. The van der Waals surface area contributed by atoms with E-state index in [2.05, 4.69) is 5.32 Å². The number of hydrogen-bond donors (Lipinski definition) is 1. The molecule has 1 unspecified atom stereocenters. The van der Waals surface area contributed by atoms with Crippen LogP contribution in [0.25, 0.3) is 0 Å². The number of carbonyl (C=O) groups excluding carboxylic acids is 2. The summed E-state index contributed by atoms with van der Waals surface area (Å²) in [5, 5.41) is 2.74. The van der Waals surface area contributed by atoms with Gasteiger partial charge >= 0.3 is 5.97 Å². The second kappa shape index (κ2) is 8.18. The lowest BCUT2D eigenvalue weighted by Gasteiger charge is -2.22. The van der Waals surface area contributed by atoms with Crippen LogP contribution in [0.3, 0.4) is 0 Å². The second-order valence-electron chi connectivity index (χ2n) is 6.02. The van der Waals surface area contributed by atoms with Crippen LogP contribution in [0.15, 0.2) is 0 Å². The highest BCUT2D eigenvalue weighted by molar-refractivity contribution is 5.84.